The maximum absolute atomic E-state index is 11.1. The highest BCUT2D eigenvalue weighted by Crippen LogP contribution is 2.21. The van der Waals surface area contributed by atoms with Crippen molar-refractivity contribution >= 4 is 11.6 Å². The van der Waals surface area contributed by atoms with Gasteiger partial charge in [-0.05, 0) is 25.1 Å². The summed E-state index contributed by atoms with van der Waals surface area (Å²) >= 11 is 0. The van der Waals surface area contributed by atoms with Crippen molar-refractivity contribution in [3.8, 4) is 11.3 Å². The third-order valence-corrected chi connectivity index (χ3v) is 2.79. The van der Waals surface area contributed by atoms with Gasteiger partial charge in [0.25, 0.3) is 0 Å². The average molecular weight is 254 g/mol. The molecule has 0 fully saturated rings. The number of aromatic nitrogens is 4. The van der Waals surface area contributed by atoms with Crippen molar-refractivity contribution in [2.24, 2.45) is 0 Å². The molecular formula is C13H10N4O2. The van der Waals surface area contributed by atoms with E-state index in [1.54, 1.807) is 12.4 Å². The summed E-state index contributed by atoms with van der Waals surface area (Å²) in [5.41, 5.74) is 2.79. The largest absolute Gasteiger partial charge is 0.477 e. The van der Waals surface area contributed by atoms with Crippen LogP contribution >= 0.6 is 0 Å². The van der Waals surface area contributed by atoms with Gasteiger partial charge in [-0.25, -0.2) is 14.3 Å². The van der Waals surface area contributed by atoms with Gasteiger partial charge in [0.1, 0.15) is 5.56 Å². The first kappa shape index (κ1) is 11.3. The summed E-state index contributed by atoms with van der Waals surface area (Å²) in [6.07, 6.45) is 4.70. The lowest BCUT2D eigenvalue weighted by atomic mass is 10.2. The van der Waals surface area contributed by atoms with Gasteiger partial charge in [-0.3, -0.25) is 4.98 Å². The minimum absolute atomic E-state index is 0.0915. The van der Waals surface area contributed by atoms with E-state index < -0.39 is 5.97 Å². The van der Waals surface area contributed by atoms with Crippen molar-refractivity contribution in [1.29, 1.82) is 0 Å². The highest BCUT2D eigenvalue weighted by molar-refractivity contribution is 5.94. The van der Waals surface area contributed by atoms with Gasteiger partial charge in [0.15, 0.2) is 5.65 Å². The molecule has 0 aliphatic heterocycles. The van der Waals surface area contributed by atoms with Crippen LogP contribution in [-0.2, 0) is 0 Å². The highest BCUT2D eigenvalue weighted by Gasteiger charge is 2.16. The molecule has 0 aromatic carbocycles. The van der Waals surface area contributed by atoms with Crippen molar-refractivity contribution in [3.05, 3.63) is 48.0 Å². The van der Waals surface area contributed by atoms with Crippen LogP contribution in [0.4, 0.5) is 0 Å². The summed E-state index contributed by atoms with van der Waals surface area (Å²) in [6.45, 7) is 1.82. The van der Waals surface area contributed by atoms with Crippen LogP contribution in [0, 0.1) is 6.92 Å². The van der Waals surface area contributed by atoms with Crippen molar-refractivity contribution < 1.29 is 9.90 Å². The molecule has 0 aliphatic carbocycles. The Balaban J connectivity index is 2.34. The zero-order chi connectivity index (χ0) is 13.4. The minimum Gasteiger partial charge on any atom is -0.477 e. The zero-order valence-electron chi connectivity index (χ0n) is 10.1. The van der Waals surface area contributed by atoms with Gasteiger partial charge in [0.2, 0.25) is 0 Å². The number of carbonyl (C=O) groups is 1. The molecule has 0 radical (unpaired) electrons. The summed E-state index contributed by atoms with van der Waals surface area (Å²) in [5.74, 6) is -1.04. The second-order valence-corrected chi connectivity index (χ2v) is 4.12. The first-order valence-electron chi connectivity index (χ1n) is 5.66. The van der Waals surface area contributed by atoms with E-state index in [1.165, 1.54) is 10.7 Å². The van der Waals surface area contributed by atoms with Gasteiger partial charge < -0.3 is 5.11 Å². The molecule has 94 valence electrons. The summed E-state index contributed by atoms with van der Waals surface area (Å²) in [4.78, 5) is 19.4. The Kier molecular flexibility index (Phi) is 2.49. The lowest BCUT2D eigenvalue weighted by molar-refractivity contribution is 0.0699. The van der Waals surface area contributed by atoms with Crippen molar-refractivity contribution in [1.82, 2.24) is 19.6 Å². The summed E-state index contributed by atoms with van der Waals surface area (Å²) in [6, 6.07) is 5.56. The molecule has 3 heterocycles. The van der Waals surface area contributed by atoms with Crippen molar-refractivity contribution in [3.63, 3.8) is 0 Å². The third-order valence-electron chi connectivity index (χ3n) is 2.79. The molecule has 0 aliphatic rings. The fraction of sp³-hybridized carbons (Fsp3) is 0.0769. The van der Waals surface area contributed by atoms with Gasteiger partial charge in [0, 0.05) is 23.7 Å². The van der Waals surface area contributed by atoms with E-state index in [4.69, 9.17) is 5.11 Å². The molecule has 6 nitrogen and oxygen atoms in total. The van der Waals surface area contributed by atoms with E-state index >= 15 is 0 Å². The first-order valence-corrected chi connectivity index (χ1v) is 5.66. The number of hydrogen-bond acceptors (Lipinski definition) is 4. The highest BCUT2D eigenvalue weighted by atomic mass is 16.4. The molecule has 3 rings (SSSR count). The number of pyridine rings is 1. The Hall–Kier alpha value is -2.76. The summed E-state index contributed by atoms with van der Waals surface area (Å²) in [5, 5.41) is 13.2. The monoisotopic (exact) mass is 254 g/mol. The molecule has 0 unspecified atom stereocenters. The van der Waals surface area contributed by atoms with E-state index in [1.807, 2.05) is 25.1 Å². The van der Waals surface area contributed by atoms with Crippen molar-refractivity contribution in [2.45, 2.75) is 6.92 Å². The van der Waals surface area contributed by atoms with Crippen LogP contribution in [0.5, 0.6) is 0 Å². The maximum Gasteiger partial charge on any atom is 0.341 e. The molecule has 3 aromatic heterocycles. The molecule has 0 bridgehead atoms. The van der Waals surface area contributed by atoms with Gasteiger partial charge >= 0.3 is 5.97 Å². The number of fused-ring (bicyclic) bond motifs is 1. The van der Waals surface area contributed by atoms with Gasteiger partial charge in [0.05, 0.1) is 11.9 Å². The third kappa shape index (κ3) is 1.83. The number of carboxylic acid groups (broad SMARTS) is 1. The lowest BCUT2D eigenvalue weighted by Gasteiger charge is -2.05. The second kappa shape index (κ2) is 4.16. The van der Waals surface area contributed by atoms with Gasteiger partial charge in [-0.15, -0.1) is 0 Å². The Bertz CT molecular complexity index is 765. The van der Waals surface area contributed by atoms with Crippen LogP contribution in [0.3, 0.4) is 0 Å². The Morgan fingerprint density at radius 2 is 2.21 bits per heavy atom. The zero-order valence-corrected chi connectivity index (χ0v) is 10.1. The number of nitrogens with zero attached hydrogens (tertiary/aromatic N) is 4. The number of aromatic carboxylic acids is 1. The topological polar surface area (TPSA) is 80.4 Å². The van der Waals surface area contributed by atoms with Crippen molar-refractivity contribution in [2.75, 3.05) is 0 Å². The molecule has 0 saturated carbocycles. The second-order valence-electron chi connectivity index (χ2n) is 4.12. The normalized spacial score (nSPS) is 10.8. The average Bonchev–Trinajstić information content (AvgIpc) is 2.82. The van der Waals surface area contributed by atoms with Crippen LogP contribution < -0.4 is 0 Å². The molecule has 0 spiro atoms. The number of carboxylic acids is 1. The first-order chi connectivity index (χ1) is 9.16. The number of hydrogen-bond donors (Lipinski definition) is 1. The van der Waals surface area contributed by atoms with Crippen LogP contribution in [-0.4, -0.2) is 30.7 Å². The molecule has 19 heavy (non-hydrogen) atoms. The summed E-state index contributed by atoms with van der Waals surface area (Å²) in [7, 11) is 0. The smallest absolute Gasteiger partial charge is 0.341 e. The standard InChI is InChI=1S/C13H10N4O2/c1-8-5-11(9-3-2-4-14-6-9)17-12(16-8)10(7-15-17)13(18)19/h2-7H,1H3,(H,18,19). The number of rotatable bonds is 2. The lowest BCUT2D eigenvalue weighted by Crippen LogP contribution is -2.01. The molecule has 0 saturated heterocycles. The predicted octanol–water partition coefficient (Wildman–Crippen LogP) is 1.80. The van der Waals surface area contributed by atoms with E-state index in [9.17, 15) is 4.79 Å². The quantitative estimate of drug-likeness (QED) is 0.754. The van der Waals surface area contributed by atoms with Crippen LogP contribution in [0.1, 0.15) is 16.1 Å². The fourth-order valence-electron chi connectivity index (χ4n) is 1.95. The molecule has 0 atom stereocenters. The Labute approximate surface area is 108 Å². The molecule has 1 N–H and O–H groups in total. The molecule has 0 amide bonds. The predicted molar refractivity (Wildman–Crippen MR) is 67.9 cm³/mol. The fourth-order valence-corrected chi connectivity index (χ4v) is 1.95. The van der Waals surface area contributed by atoms with Crippen LogP contribution in [0.2, 0.25) is 0 Å². The SMILES string of the molecule is Cc1cc(-c2cccnc2)n2ncc(C(=O)O)c2n1. The maximum atomic E-state index is 11.1. The Morgan fingerprint density at radius 3 is 2.89 bits per heavy atom. The molecule has 6 heteroatoms. The van der Waals surface area contributed by atoms with E-state index in [0.717, 1.165) is 17.0 Å². The van der Waals surface area contributed by atoms with Gasteiger partial charge in [-0.2, -0.15) is 5.10 Å². The summed E-state index contributed by atoms with van der Waals surface area (Å²) < 4.78 is 1.52. The van der Waals surface area contributed by atoms with E-state index in [2.05, 4.69) is 15.1 Å². The molecule has 3 aromatic rings. The van der Waals surface area contributed by atoms with Gasteiger partial charge in [-0.1, -0.05) is 0 Å². The van der Waals surface area contributed by atoms with E-state index in [0.29, 0.717) is 5.65 Å². The Morgan fingerprint density at radius 1 is 1.37 bits per heavy atom. The molecular weight excluding hydrogens is 244 g/mol. The van der Waals surface area contributed by atoms with Crippen LogP contribution in [0.25, 0.3) is 16.9 Å². The van der Waals surface area contributed by atoms with Crippen LogP contribution in [0.15, 0.2) is 36.8 Å². The number of aryl methyl sites for hydroxylation is 1. The minimum atomic E-state index is -1.04. The van der Waals surface area contributed by atoms with E-state index in [-0.39, 0.29) is 5.56 Å².